The maximum Gasteiger partial charge on any atom is 0.124 e. The number of benzene rings is 1. The molecular weight excluding hydrogens is 256 g/mol. The summed E-state index contributed by atoms with van der Waals surface area (Å²) in [5.41, 5.74) is 0.890. The molecule has 0 saturated carbocycles. The number of hydrogen-bond donors (Lipinski definition) is 2. The third-order valence-corrected chi connectivity index (χ3v) is 3.56. The number of aliphatic hydroxyl groups excluding tert-OH is 1. The third kappa shape index (κ3) is 4.28. The molecule has 1 aliphatic rings. The highest BCUT2D eigenvalue weighted by Gasteiger charge is 2.15. The average Bonchev–Trinajstić information content (AvgIpc) is 2.97. The van der Waals surface area contributed by atoms with Gasteiger partial charge >= 0.3 is 0 Å². The number of β-amino-alcohol motifs (C(OH)–C–C–N with tert-alkyl or cyclic N) is 1. The molecule has 1 atom stereocenters. The SMILES string of the molecule is COc1cc(NCC(O)CN2CCCC2)cc(OC)c1. The monoisotopic (exact) mass is 280 g/mol. The molecule has 1 heterocycles. The summed E-state index contributed by atoms with van der Waals surface area (Å²) in [6, 6.07) is 5.61. The smallest absolute Gasteiger partial charge is 0.124 e. The fourth-order valence-electron chi connectivity index (χ4n) is 2.47. The van der Waals surface area contributed by atoms with Crippen LogP contribution in [0.25, 0.3) is 0 Å². The molecule has 5 heteroatoms. The average molecular weight is 280 g/mol. The Morgan fingerprint density at radius 1 is 1.15 bits per heavy atom. The lowest BCUT2D eigenvalue weighted by atomic mass is 10.2. The number of nitrogens with zero attached hydrogens (tertiary/aromatic N) is 1. The van der Waals surface area contributed by atoms with Crippen molar-refractivity contribution in [1.29, 1.82) is 0 Å². The van der Waals surface area contributed by atoms with Crippen molar-refractivity contribution < 1.29 is 14.6 Å². The summed E-state index contributed by atoms with van der Waals surface area (Å²) in [4.78, 5) is 2.30. The number of nitrogens with one attached hydrogen (secondary N) is 1. The van der Waals surface area contributed by atoms with Gasteiger partial charge < -0.3 is 24.8 Å². The Morgan fingerprint density at radius 2 is 1.75 bits per heavy atom. The van der Waals surface area contributed by atoms with Gasteiger partial charge in [-0.25, -0.2) is 0 Å². The summed E-state index contributed by atoms with van der Waals surface area (Å²) in [5.74, 6) is 1.47. The van der Waals surface area contributed by atoms with Crippen LogP contribution in [0.2, 0.25) is 0 Å². The zero-order valence-electron chi connectivity index (χ0n) is 12.3. The Labute approximate surface area is 120 Å². The van der Waals surface area contributed by atoms with Crippen LogP contribution in [-0.4, -0.2) is 56.5 Å². The molecule has 1 saturated heterocycles. The molecule has 2 rings (SSSR count). The van der Waals surface area contributed by atoms with E-state index in [1.807, 2.05) is 18.2 Å². The summed E-state index contributed by atoms with van der Waals surface area (Å²) in [6.07, 6.45) is 2.12. The largest absolute Gasteiger partial charge is 0.497 e. The second-order valence-electron chi connectivity index (χ2n) is 5.14. The van der Waals surface area contributed by atoms with E-state index in [1.54, 1.807) is 14.2 Å². The van der Waals surface area contributed by atoms with E-state index in [0.717, 1.165) is 36.8 Å². The van der Waals surface area contributed by atoms with Crippen LogP contribution in [0.3, 0.4) is 0 Å². The van der Waals surface area contributed by atoms with Gasteiger partial charge in [-0.3, -0.25) is 0 Å². The van der Waals surface area contributed by atoms with E-state index in [9.17, 15) is 5.11 Å². The van der Waals surface area contributed by atoms with E-state index in [1.165, 1.54) is 12.8 Å². The van der Waals surface area contributed by atoms with Crippen LogP contribution < -0.4 is 14.8 Å². The zero-order valence-corrected chi connectivity index (χ0v) is 12.3. The molecule has 0 bridgehead atoms. The lowest BCUT2D eigenvalue weighted by molar-refractivity contribution is 0.135. The summed E-state index contributed by atoms with van der Waals surface area (Å²) in [5, 5.41) is 13.3. The quantitative estimate of drug-likeness (QED) is 0.794. The van der Waals surface area contributed by atoms with E-state index >= 15 is 0 Å². The van der Waals surface area contributed by atoms with Gasteiger partial charge in [0.15, 0.2) is 0 Å². The molecule has 0 aliphatic carbocycles. The standard InChI is InChI=1S/C15H24N2O3/c1-19-14-7-12(8-15(9-14)20-2)16-10-13(18)11-17-5-3-4-6-17/h7-9,13,16,18H,3-6,10-11H2,1-2H3. The summed E-state index contributed by atoms with van der Waals surface area (Å²) >= 11 is 0. The maximum absolute atomic E-state index is 10.1. The van der Waals surface area contributed by atoms with Crippen molar-refractivity contribution >= 4 is 5.69 Å². The van der Waals surface area contributed by atoms with Gasteiger partial charge in [-0.2, -0.15) is 0 Å². The molecule has 1 unspecified atom stereocenters. The third-order valence-electron chi connectivity index (χ3n) is 3.56. The van der Waals surface area contributed by atoms with Crippen LogP contribution in [0, 0.1) is 0 Å². The first-order chi connectivity index (χ1) is 9.71. The molecule has 112 valence electrons. The highest BCUT2D eigenvalue weighted by molar-refractivity contribution is 5.53. The minimum atomic E-state index is -0.370. The molecule has 1 aromatic rings. The van der Waals surface area contributed by atoms with Gasteiger partial charge in [-0.15, -0.1) is 0 Å². The maximum atomic E-state index is 10.1. The van der Waals surface area contributed by atoms with Crippen molar-refractivity contribution in [2.24, 2.45) is 0 Å². The van der Waals surface area contributed by atoms with E-state index < -0.39 is 0 Å². The first-order valence-electron chi connectivity index (χ1n) is 7.08. The molecule has 0 radical (unpaired) electrons. The number of hydrogen-bond acceptors (Lipinski definition) is 5. The van der Waals surface area contributed by atoms with E-state index in [2.05, 4.69) is 10.2 Å². The van der Waals surface area contributed by atoms with Crippen molar-refractivity contribution in [3.05, 3.63) is 18.2 Å². The second-order valence-corrected chi connectivity index (χ2v) is 5.14. The van der Waals surface area contributed by atoms with Gasteiger partial charge in [0.1, 0.15) is 11.5 Å². The Hall–Kier alpha value is -1.46. The lowest BCUT2D eigenvalue weighted by Gasteiger charge is -2.20. The molecule has 20 heavy (non-hydrogen) atoms. The van der Waals surface area contributed by atoms with E-state index in [0.29, 0.717) is 6.54 Å². The van der Waals surface area contributed by atoms with Crippen molar-refractivity contribution in [2.75, 3.05) is 45.7 Å². The fraction of sp³-hybridized carbons (Fsp3) is 0.600. The molecule has 0 amide bonds. The topological polar surface area (TPSA) is 54.0 Å². The second kappa shape index (κ2) is 7.36. The first-order valence-corrected chi connectivity index (χ1v) is 7.08. The van der Waals surface area contributed by atoms with Crippen LogP contribution in [0.15, 0.2) is 18.2 Å². The molecule has 2 N–H and O–H groups in total. The summed E-state index contributed by atoms with van der Waals surface area (Å²) in [6.45, 7) is 3.45. The number of rotatable bonds is 7. The van der Waals surface area contributed by atoms with Crippen LogP contribution in [0.5, 0.6) is 11.5 Å². The Kier molecular flexibility index (Phi) is 5.49. The normalized spacial score (nSPS) is 16.9. The van der Waals surface area contributed by atoms with Crippen LogP contribution in [-0.2, 0) is 0 Å². The highest BCUT2D eigenvalue weighted by Crippen LogP contribution is 2.25. The van der Waals surface area contributed by atoms with Crippen LogP contribution in [0.1, 0.15) is 12.8 Å². The molecule has 0 spiro atoms. The minimum absolute atomic E-state index is 0.370. The predicted octanol–water partition coefficient (Wildman–Crippen LogP) is 1.57. The van der Waals surface area contributed by atoms with Crippen LogP contribution in [0.4, 0.5) is 5.69 Å². The van der Waals surface area contributed by atoms with Gasteiger partial charge in [0.2, 0.25) is 0 Å². The number of aliphatic hydroxyl groups is 1. The molecule has 1 aliphatic heterocycles. The fourth-order valence-corrected chi connectivity index (χ4v) is 2.47. The van der Waals surface area contributed by atoms with Crippen molar-refractivity contribution in [3.63, 3.8) is 0 Å². The number of anilines is 1. The Balaban J connectivity index is 1.85. The van der Waals surface area contributed by atoms with Gasteiger partial charge in [0, 0.05) is 37.0 Å². The minimum Gasteiger partial charge on any atom is -0.497 e. The lowest BCUT2D eigenvalue weighted by Crippen LogP contribution is -2.34. The van der Waals surface area contributed by atoms with Gasteiger partial charge in [0.05, 0.1) is 20.3 Å². The first kappa shape index (κ1) is 14.9. The Morgan fingerprint density at radius 3 is 2.30 bits per heavy atom. The highest BCUT2D eigenvalue weighted by atomic mass is 16.5. The van der Waals surface area contributed by atoms with Crippen molar-refractivity contribution in [1.82, 2.24) is 4.90 Å². The summed E-state index contributed by atoms with van der Waals surface area (Å²) < 4.78 is 10.4. The summed E-state index contributed by atoms with van der Waals surface area (Å²) in [7, 11) is 3.25. The van der Waals surface area contributed by atoms with Crippen LogP contribution >= 0.6 is 0 Å². The van der Waals surface area contributed by atoms with E-state index in [4.69, 9.17) is 9.47 Å². The molecule has 1 fully saturated rings. The zero-order chi connectivity index (χ0) is 14.4. The van der Waals surface area contributed by atoms with Gasteiger partial charge in [-0.05, 0) is 25.9 Å². The van der Waals surface area contributed by atoms with Gasteiger partial charge in [-0.1, -0.05) is 0 Å². The number of methoxy groups -OCH3 is 2. The van der Waals surface area contributed by atoms with Crippen molar-refractivity contribution in [3.8, 4) is 11.5 Å². The molecule has 0 aromatic heterocycles. The molecular formula is C15H24N2O3. The van der Waals surface area contributed by atoms with E-state index in [-0.39, 0.29) is 6.10 Å². The van der Waals surface area contributed by atoms with Crippen molar-refractivity contribution in [2.45, 2.75) is 18.9 Å². The number of ether oxygens (including phenoxy) is 2. The number of likely N-dealkylation sites (tertiary alicyclic amines) is 1. The molecule has 5 nitrogen and oxygen atoms in total. The molecule has 1 aromatic carbocycles. The predicted molar refractivity (Wildman–Crippen MR) is 79.7 cm³/mol. The van der Waals surface area contributed by atoms with Gasteiger partial charge in [0.25, 0.3) is 0 Å². The Bertz CT molecular complexity index is 397.